The van der Waals surface area contributed by atoms with Crippen LogP contribution in [0.5, 0.6) is 0 Å². The Balaban J connectivity index is 1.24. The summed E-state index contributed by atoms with van der Waals surface area (Å²) in [6.07, 6.45) is 1.04. The number of hydrogen-bond donors (Lipinski definition) is 1. The van der Waals surface area contributed by atoms with E-state index in [0.717, 1.165) is 32.7 Å². The maximum Gasteiger partial charge on any atom is 0.410 e. The minimum absolute atomic E-state index is 0.0677. The second kappa shape index (κ2) is 11.8. The van der Waals surface area contributed by atoms with Gasteiger partial charge in [-0.1, -0.05) is 42.5 Å². The van der Waals surface area contributed by atoms with E-state index in [9.17, 15) is 9.59 Å². The largest absolute Gasteiger partial charge is 0.444 e. The lowest BCUT2D eigenvalue weighted by molar-refractivity contribution is -0.126. The number of carbonyl (C=O) groups excluding carboxylic acids is 2. The number of carbonyl (C=O) groups is 2. The number of piperazine rings is 1. The molecule has 2 fully saturated rings. The Kier molecular flexibility index (Phi) is 8.52. The van der Waals surface area contributed by atoms with Crippen LogP contribution >= 0.6 is 0 Å². The predicted molar refractivity (Wildman–Crippen MR) is 143 cm³/mol. The molecule has 0 saturated carbocycles. The molecule has 36 heavy (non-hydrogen) atoms. The third-order valence-corrected chi connectivity index (χ3v) is 6.98. The molecule has 2 aromatic rings. The van der Waals surface area contributed by atoms with Gasteiger partial charge in [-0.25, -0.2) is 4.79 Å². The van der Waals surface area contributed by atoms with Gasteiger partial charge in [-0.15, -0.1) is 0 Å². The van der Waals surface area contributed by atoms with E-state index in [-0.39, 0.29) is 17.9 Å². The van der Waals surface area contributed by atoms with Gasteiger partial charge in [-0.2, -0.15) is 0 Å². The second-order valence-corrected chi connectivity index (χ2v) is 10.8. The molecule has 0 unspecified atom stereocenters. The average molecular weight is 493 g/mol. The van der Waals surface area contributed by atoms with Crippen molar-refractivity contribution in [3.05, 3.63) is 65.7 Å². The van der Waals surface area contributed by atoms with Crippen LogP contribution in [-0.2, 0) is 22.6 Å². The highest BCUT2D eigenvalue weighted by molar-refractivity contribution is 5.79. The summed E-state index contributed by atoms with van der Waals surface area (Å²) in [5.41, 5.74) is 3.22. The van der Waals surface area contributed by atoms with E-state index in [1.165, 1.54) is 16.8 Å². The first-order valence-corrected chi connectivity index (χ1v) is 13.1. The summed E-state index contributed by atoms with van der Waals surface area (Å²) in [5, 5.41) is 3.16. The summed E-state index contributed by atoms with van der Waals surface area (Å²) in [5.74, 6) is 0.00651. The van der Waals surface area contributed by atoms with Gasteiger partial charge in [0, 0.05) is 64.0 Å². The summed E-state index contributed by atoms with van der Waals surface area (Å²) in [6.45, 7) is 12.2. The number of ether oxygens (including phenoxy) is 1. The topological polar surface area (TPSA) is 65.1 Å². The lowest BCUT2D eigenvalue weighted by atomic mass is 9.96. The zero-order chi connectivity index (χ0) is 25.5. The number of amides is 2. The van der Waals surface area contributed by atoms with Crippen molar-refractivity contribution in [2.75, 3.05) is 44.2 Å². The minimum atomic E-state index is -0.506. The molecule has 4 rings (SSSR count). The normalized spacial score (nSPS) is 17.6. The molecule has 194 valence electrons. The van der Waals surface area contributed by atoms with Crippen LogP contribution in [-0.4, -0.2) is 66.7 Å². The second-order valence-electron chi connectivity index (χ2n) is 10.8. The first kappa shape index (κ1) is 26.0. The highest BCUT2D eigenvalue weighted by Crippen LogP contribution is 2.21. The van der Waals surface area contributed by atoms with Gasteiger partial charge in [0.25, 0.3) is 0 Å². The van der Waals surface area contributed by atoms with Gasteiger partial charge >= 0.3 is 6.09 Å². The third-order valence-electron chi connectivity index (χ3n) is 6.98. The molecular weight excluding hydrogens is 452 g/mol. The Morgan fingerprint density at radius 1 is 0.861 bits per heavy atom. The quantitative estimate of drug-likeness (QED) is 0.652. The number of likely N-dealkylation sites (tertiary alicyclic amines) is 1. The number of para-hydroxylation sites is 1. The molecule has 2 saturated heterocycles. The molecule has 0 aliphatic carbocycles. The predicted octanol–water partition coefficient (Wildman–Crippen LogP) is 4.27. The highest BCUT2D eigenvalue weighted by Gasteiger charge is 2.30. The zero-order valence-electron chi connectivity index (χ0n) is 21.9. The van der Waals surface area contributed by atoms with Crippen molar-refractivity contribution in [3.8, 4) is 0 Å². The maximum atomic E-state index is 12.9. The van der Waals surface area contributed by atoms with Gasteiger partial charge in [0.05, 0.1) is 0 Å². The van der Waals surface area contributed by atoms with E-state index < -0.39 is 5.60 Å². The Bertz CT molecular complexity index is 1000. The maximum absolute atomic E-state index is 12.9. The van der Waals surface area contributed by atoms with Crippen LogP contribution < -0.4 is 10.2 Å². The highest BCUT2D eigenvalue weighted by atomic mass is 16.6. The number of rotatable bonds is 6. The van der Waals surface area contributed by atoms with Gasteiger partial charge in [0.1, 0.15) is 5.60 Å². The number of benzene rings is 2. The third kappa shape index (κ3) is 7.23. The molecular formula is C29H40N4O3. The summed E-state index contributed by atoms with van der Waals surface area (Å²) in [7, 11) is 0. The lowest BCUT2D eigenvalue weighted by Gasteiger charge is -2.36. The van der Waals surface area contributed by atoms with Crippen LogP contribution in [0.15, 0.2) is 54.6 Å². The Hall–Kier alpha value is -3.06. The van der Waals surface area contributed by atoms with Crippen LogP contribution in [0.25, 0.3) is 0 Å². The van der Waals surface area contributed by atoms with Crippen molar-refractivity contribution in [1.29, 1.82) is 0 Å². The standard InChI is InChI=1S/C29H40N4O3/c1-29(2,3)36-28(35)33-15-13-23(14-16-33)27(34)30-21-24-9-7-8-10-25(24)22-31-17-19-32(20-18-31)26-11-5-4-6-12-26/h4-12,23H,13-22H2,1-3H3,(H,30,34). The number of nitrogens with one attached hydrogen (secondary N) is 1. The molecule has 0 bridgehead atoms. The number of nitrogens with zero attached hydrogens (tertiary/aromatic N) is 3. The molecule has 2 aliphatic heterocycles. The fourth-order valence-electron chi connectivity index (χ4n) is 4.91. The number of hydrogen-bond acceptors (Lipinski definition) is 5. The molecule has 0 spiro atoms. The molecule has 0 radical (unpaired) electrons. The number of piperidine rings is 1. The van der Waals surface area contributed by atoms with Crippen LogP contribution in [0.2, 0.25) is 0 Å². The average Bonchev–Trinajstić information content (AvgIpc) is 2.88. The molecule has 2 amide bonds. The molecule has 0 aromatic heterocycles. The van der Waals surface area contributed by atoms with E-state index in [4.69, 9.17) is 4.74 Å². The van der Waals surface area contributed by atoms with Crippen molar-refractivity contribution >= 4 is 17.7 Å². The van der Waals surface area contributed by atoms with Crippen LogP contribution in [0, 0.1) is 5.92 Å². The van der Waals surface area contributed by atoms with Crippen LogP contribution in [0.3, 0.4) is 0 Å². The molecule has 1 N–H and O–H groups in total. The van der Waals surface area contributed by atoms with Crippen molar-refractivity contribution in [3.63, 3.8) is 0 Å². The van der Waals surface area contributed by atoms with E-state index in [1.54, 1.807) is 4.90 Å². The lowest BCUT2D eigenvalue weighted by Crippen LogP contribution is -2.46. The van der Waals surface area contributed by atoms with Crippen molar-refractivity contribution in [1.82, 2.24) is 15.1 Å². The van der Waals surface area contributed by atoms with Gasteiger partial charge in [-0.05, 0) is 56.9 Å². The van der Waals surface area contributed by atoms with Crippen molar-refractivity contribution in [2.24, 2.45) is 5.92 Å². The Morgan fingerprint density at radius 3 is 2.11 bits per heavy atom. The zero-order valence-corrected chi connectivity index (χ0v) is 21.9. The van der Waals surface area contributed by atoms with E-state index in [2.05, 4.69) is 63.6 Å². The molecule has 2 aliphatic rings. The summed E-state index contributed by atoms with van der Waals surface area (Å²) < 4.78 is 5.46. The smallest absolute Gasteiger partial charge is 0.410 e. The molecule has 2 heterocycles. The van der Waals surface area contributed by atoms with Crippen LogP contribution in [0.1, 0.15) is 44.7 Å². The molecule has 7 heteroatoms. The molecule has 0 atom stereocenters. The van der Waals surface area contributed by atoms with Gasteiger partial charge in [0.2, 0.25) is 5.91 Å². The minimum Gasteiger partial charge on any atom is -0.444 e. The molecule has 7 nitrogen and oxygen atoms in total. The molecule has 2 aromatic carbocycles. The van der Waals surface area contributed by atoms with Crippen molar-refractivity contribution in [2.45, 2.75) is 52.3 Å². The summed E-state index contributed by atoms with van der Waals surface area (Å²) >= 11 is 0. The van der Waals surface area contributed by atoms with Crippen LogP contribution in [0.4, 0.5) is 10.5 Å². The van der Waals surface area contributed by atoms with E-state index in [1.807, 2.05) is 26.8 Å². The Labute approximate surface area is 215 Å². The van der Waals surface area contributed by atoms with E-state index in [0.29, 0.717) is 32.5 Å². The van der Waals surface area contributed by atoms with Gasteiger partial charge < -0.3 is 19.9 Å². The van der Waals surface area contributed by atoms with E-state index >= 15 is 0 Å². The Morgan fingerprint density at radius 2 is 1.47 bits per heavy atom. The van der Waals surface area contributed by atoms with Crippen molar-refractivity contribution < 1.29 is 14.3 Å². The first-order chi connectivity index (χ1) is 17.3. The monoisotopic (exact) mass is 492 g/mol. The summed E-state index contributed by atoms with van der Waals surface area (Å²) in [6, 6.07) is 19.0. The fraction of sp³-hybridized carbons (Fsp3) is 0.517. The SMILES string of the molecule is CC(C)(C)OC(=O)N1CCC(C(=O)NCc2ccccc2CN2CCN(c3ccccc3)CC2)CC1. The first-order valence-electron chi connectivity index (χ1n) is 13.1. The van der Waals surface area contributed by atoms with Gasteiger partial charge in [0.15, 0.2) is 0 Å². The summed E-state index contributed by atoms with van der Waals surface area (Å²) in [4.78, 5) is 31.8. The fourth-order valence-corrected chi connectivity index (χ4v) is 4.91. The number of anilines is 1. The van der Waals surface area contributed by atoms with Gasteiger partial charge in [-0.3, -0.25) is 9.69 Å².